The van der Waals surface area contributed by atoms with Gasteiger partial charge in [-0.3, -0.25) is 0 Å². The zero-order chi connectivity index (χ0) is 20.1. The van der Waals surface area contributed by atoms with Crippen LogP contribution in [0.5, 0.6) is 6.01 Å². The maximum Gasteiger partial charge on any atom is 0.422 e. The number of hydrogen-bond acceptors (Lipinski definition) is 6. The molecule has 0 aliphatic rings. The van der Waals surface area contributed by atoms with Crippen molar-refractivity contribution in [1.29, 1.82) is 0 Å². The number of nitrogens with zero attached hydrogens (tertiary/aromatic N) is 3. The van der Waals surface area contributed by atoms with Gasteiger partial charge in [0.2, 0.25) is 11.9 Å². The lowest BCUT2D eigenvalue weighted by Crippen LogP contribution is -2.21. The van der Waals surface area contributed by atoms with Gasteiger partial charge in [0.05, 0.1) is 5.56 Å². The van der Waals surface area contributed by atoms with Gasteiger partial charge >= 0.3 is 18.4 Å². The molecule has 6 nitrogen and oxygen atoms in total. The Labute approximate surface area is 149 Å². The van der Waals surface area contributed by atoms with E-state index in [1.54, 1.807) is 0 Å². The largest absolute Gasteiger partial charge is 0.454 e. The zero-order valence-electron chi connectivity index (χ0n) is 13.5. The van der Waals surface area contributed by atoms with E-state index in [0.717, 1.165) is 18.2 Å². The highest BCUT2D eigenvalue weighted by Gasteiger charge is 2.31. The van der Waals surface area contributed by atoms with Crippen molar-refractivity contribution >= 4 is 17.6 Å². The van der Waals surface area contributed by atoms with Crippen molar-refractivity contribution in [3.63, 3.8) is 0 Å². The van der Waals surface area contributed by atoms with E-state index in [9.17, 15) is 26.3 Å². The smallest absolute Gasteiger partial charge is 0.422 e. The summed E-state index contributed by atoms with van der Waals surface area (Å²) in [4.78, 5) is 11.1. The number of anilines is 3. The number of halogens is 6. The van der Waals surface area contributed by atoms with Gasteiger partial charge in [0.15, 0.2) is 6.61 Å². The van der Waals surface area contributed by atoms with Crippen molar-refractivity contribution in [2.75, 3.05) is 23.8 Å². The molecule has 0 saturated carbocycles. The molecule has 0 fully saturated rings. The molecule has 1 heterocycles. The fraction of sp³-hybridized carbons (Fsp3) is 0.267. The Morgan fingerprint density at radius 3 is 2.37 bits per heavy atom. The summed E-state index contributed by atoms with van der Waals surface area (Å²) in [7, 11) is 0. The third-order valence-electron chi connectivity index (χ3n) is 2.83. The van der Waals surface area contributed by atoms with Crippen LogP contribution in [-0.2, 0) is 6.18 Å². The summed E-state index contributed by atoms with van der Waals surface area (Å²) < 4.78 is 79.7. The fourth-order valence-electron chi connectivity index (χ4n) is 1.77. The average Bonchev–Trinajstić information content (AvgIpc) is 2.57. The number of ether oxygens (including phenoxy) is 1. The van der Waals surface area contributed by atoms with Gasteiger partial charge in [-0.2, -0.15) is 41.3 Å². The molecular formula is C15H13F6N5O. The van der Waals surface area contributed by atoms with E-state index in [0.29, 0.717) is 0 Å². The quantitative estimate of drug-likeness (QED) is 0.543. The van der Waals surface area contributed by atoms with Gasteiger partial charge in [0.1, 0.15) is 0 Å². The number of benzene rings is 1. The normalized spacial score (nSPS) is 11.8. The second-order valence-corrected chi connectivity index (χ2v) is 5.04. The summed E-state index contributed by atoms with van der Waals surface area (Å²) in [5, 5.41) is 5.11. The van der Waals surface area contributed by atoms with Crippen LogP contribution in [0.3, 0.4) is 0 Å². The van der Waals surface area contributed by atoms with Gasteiger partial charge in [-0.25, -0.2) is 0 Å². The predicted molar refractivity (Wildman–Crippen MR) is 84.8 cm³/mol. The van der Waals surface area contributed by atoms with Gasteiger partial charge in [-0.1, -0.05) is 12.1 Å². The van der Waals surface area contributed by atoms with Crippen molar-refractivity contribution in [3.05, 3.63) is 42.5 Å². The Kier molecular flexibility index (Phi) is 6.08. The summed E-state index contributed by atoms with van der Waals surface area (Å²) in [5.74, 6) is -0.440. The van der Waals surface area contributed by atoms with Crippen LogP contribution in [0.1, 0.15) is 5.56 Å². The average molecular weight is 393 g/mol. The first-order valence-electron chi connectivity index (χ1n) is 7.31. The number of alkyl halides is 6. The van der Waals surface area contributed by atoms with Crippen molar-refractivity contribution in [3.8, 4) is 6.01 Å². The number of aromatic nitrogens is 3. The van der Waals surface area contributed by atoms with Crippen LogP contribution in [0.25, 0.3) is 0 Å². The molecule has 146 valence electrons. The topological polar surface area (TPSA) is 72.0 Å². The van der Waals surface area contributed by atoms with Gasteiger partial charge in [0, 0.05) is 12.2 Å². The predicted octanol–water partition coefficient (Wildman–Crippen LogP) is 4.17. The van der Waals surface area contributed by atoms with Crippen LogP contribution in [0.15, 0.2) is 36.9 Å². The molecular weight excluding hydrogens is 380 g/mol. The van der Waals surface area contributed by atoms with Gasteiger partial charge in [0.25, 0.3) is 0 Å². The highest BCUT2D eigenvalue weighted by molar-refractivity contribution is 5.55. The minimum absolute atomic E-state index is 0.0209. The standard InChI is InChI=1S/C15H13F6N5O/c1-2-6-22-11-24-12(26-13(25-11)27-8-14(16,17)18)23-10-5-3-4-9(7-10)15(19,20)21/h2-5,7H,1,6,8H2,(H2,22,23,24,25,26). The molecule has 0 unspecified atom stereocenters. The van der Waals surface area contributed by atoms with E-state index in [1.165, 1.54) is 12.1 Å². The summed E-state index contributed by atoms with van der Waals surface area (Å²) in [6.07, 6.45) is -7.73. The minimum atomic E-state index is -4.62. The number of nitrogens with one attached hydrogen (secondary N) is 2. The van der Waals surface area contributed by atoms with Crippen LogP contribution < -0.4 is 15.4 Å². The molecule has 0 atom stereocenters. The SMILES string of the molecule is C=CCNc1nc(Nc2cccc(C(F)(F)F)c2)nc(OCC(F)(F)F)n1. The Morgan fingerprint density at radius 2 is 1.74 bits per heavy atom. The molecule has 0 amide bonds. The van der Waals surface area contributed by atoms with E-state index in [-0.39, 0.29) is 24.1 Å². The van der Waals surface area contributed by atoms with Crippen molar-refractivity contribution in [2.45, 2.75) is 12.4 Å². The molecule has 0 saturated heterocycles. The lowest BCUT2D eigenvalue weighted by molar-refractivity contribution is -0.154. The van der Waals surface area contributed by atoms with E-state index < -0.39 is 30.5 Å². The molecule has 0 aliphatic carbocycles. The molecule has 27 heavy (non-hydrogen) atoms. The molecule has 1 aromatic heterocycles. The molecule has 2 rings (SSSR count). The Bertz CT molecular complexity index is 793. The molecule has 0 radical (unpaired) electrons. The minimum Gasteiger partial charge on any atom is -0.454 e. The zero-order valence-corrected chi connectivity index (χ0v) is 13.5. The molecule has 0 bridgehead atoms. The first kappa shape index (κ1) is 20.3. The third-order valence-corrected chi connectivity index (χ3v) is 2.83. The molecule has 0 spiro atoms. The van der Waals surface area contributed by atoms with Gasteiger partial charge < -0.3 is 15.4 Å². The summed E-state index contributed by atoms with van der Waals surface area (Å²) in [6, 6.07) is 3.49. The number of rotatable bonds is 7. The second kappa shape index (κ2) is 8.10. The Balaban J connectivity index is 2.27. The third kappa shape index (κ3) is 6.64. The molecule has 2 aromatic rings. The molecule has 1 aromatic carbocycles. The van der Waals surface area contributed by atoms with Crippen molar-refractivity contribution in [1.82, 2.24) is 15.0 Å². The summed E-state index contributed by atoms with van der Waals surface area (Å²) in [5.41, 5.74) is -0.937. The van der Waals surface area contributed by atoms with Crippen molar-refractivity contribution in [2.24, 2.45) is 0 Å². The van der Waals surface area contributed by atoms with E-state index in [2.05, 4.69) is 36.9 Å². The Hall–Kier alpha value is -3.05. The molecule has 2 N–H and O–H groups in total. The van der Waals surface area contributed by atoms with E-state index in [1.807, 2.05) is 0 Å². The maximum absolute atomic E-state index is 12.8. The highest BCUT2D eigenvalue weighted by Crippen LogP contribution is 2.31. The van der Waals surface area contributed by atoms with Crippen LogP contribution >= 0.6 is 0 Å². The lowest BCUT2D eigenvalue weighted by atomic mass is 10.2. The lowest BCUT2D eigenvalue weighted by Gasteiger charge is -2.12. The first-order chi connectivity index (χ1) is 12.6. The summed E-state index contributed by atoms with van der Waals surface area (Å²) >= 11 is 0. The number of hydrogen-bond donors (Lipinski definition) is 2. The second-order valence-electron chi connectivity index (χ2n) is 5.04. The summed E-state index contributed by atoms with van der Waals surface area (Å²) in [6.45, 7) is 2.00. The maximum atomic E-state index is 12.8. The van der Waals surface area contributed by atoms with E-state index in [4.69, 9.17) is 0 Å². The fourth-order valence-corrected chi connectivity index (χ4v) is 1.77. The van der Waals surface area contributed by atoms with E-state index >= 15 is 0 Å². The molecule has 0 aliphatic heterocycles. The van der Waals surface area contributed by atoms with Crippen LogP contribution in [-0.4, -0.2) is 34.3 Å². The molecule has 12 heteroatoms. The first-order valence-corrected chi connectivity index (χ1v) is 7.31. The van der Waals surface area contributed by atoms with Crippen molar-refractivity contribution < 1.29 is 31.1 Å². The highest BCUT2D eigenvalue weighted by atomic mass is 19.4. The monoisotopic (exact) mass is 393 g/mol. The Morgan fingerprint density at radius 1 is 1.04 bits per heavy atom. The van der Waals surface area contributed by atoms with Crippen LogP contribution in [0.4, 0.5) is 43.9 Å². The van der Waals surface area contributed by atoms with Crippen LogP contribution in [0, 0.1) is 0 Å². The van der Waals surface area contributed by atoms with Crippen LogP contribution in [0.2, 0.25) is 0 Å². The van der Waals surface area contributed by atoms with Gasteiger partial charge in [-0.05, 0) is 18.2 Å². The van der Waals surface area contributed by atoms with Gasteiger partial charge in [-0.15, -0.1) is 6.58 Å².